The molecule has 0 aliphatic carbocycles. The summed E-state index contributed by atoms with van der Waals surface area (Å²) in [6.45, 7) is 1.09. The lowest BCUT2D eigenvalue weighted by Gasteiger charge is -2.13. The molecule has 0 aliphatic rings. The molecule has 0 bridgehead atoms. The second-order valence-electron chi connectivity index (χ2n) is 7.21. The van der Waals surface area contributed by atoms with Gasteiger partial charge in [0.05, 0.1) is 21.7 Å². The number of fused-ring (bicyclic) bond motifs is 1. The second kappa shape index (κ2) is 8.84. The maximum Gasteiger partial charge on any atom is 0.417 e. The molecule has 0 saturated heterocycles. The lowest BCUT2D eigenvalue weighted by molar-refractivity contribution is -0.138. The third kappa shape index (κ3) is 4.45. The average molecular weight is 504 g/mol. The Morgan fingerprint density at radius 3 is 2.49 bits per heavy atom. The molecule has 12 heteroatoms. The lowest BCUT2D eigenvalue weighted by Crippen LogP contribution is -2.20. The van der Waals surface area contributed by atoms with Crippen LogP contribution in [0, 0.1) is 0 Å². The highest BCUT2D eigenvalue weighted by Crippen LogP contribution is 2.37. The minimum atomic E-state index is -4.86. The molecule has 4 rings (SSSR count). The SMILES string of the molecule is CC(=O)Oc1cc(-c2nn(C(=O)c3c(Cl)cccc3C(F)(F)F)c3cccnc23)ccc1C(=O)O. The number of benzene rings is 2. The zero-order chi connectivity index (χ0) is 25.5. The molecule has 0 aliphatic heterocycles. The molecule has 0 atom stereocenters. The minimum Gasteiger partial charge on any atom is -0.478 e. The summed E-state index contributed by atoms with van der Waals surface area (Å²) >= 11 is 5.99. The first-order chi connectivity index (χ1) is 16.5. The molecule has 0 fully saturated rings. The predicted molar refractivity (Wildman–Crippen MR) is 117 cm³/mol. The van der Waals surface area contributed by atoms with Crippen molar-refractivity contribution in [3.8, 4) is 17.0 Å². The fraction of sp³-hybridized carbons (Fsp3) is 0.0870. The van der Waals surface area contributed by atoms with E-state index in [4.69, 9.17) is 16.3 Å². The Labute approximate surface area is 199 Å². The van der Waals surface area contributed by atoms with E-state index in [9.17, 15) is 32.7 Å². The molecule has 0 spiro atoms. The molecule has 1 N–H and O–H groups in total. The van der Waals surface area contributed by atoms with Crippen LogP contribution in [0.1, 0.15) is 33.2 Å². The third-order valence-corrected chi connectivity index (χ3v) is 5.22. The summed E-state index contributed by atoms with van der Waals surface area (Å²) in [5.74, 6) is -3.55. The Bertz CT molecular complexity index is 1510. The molecule has 0 saturated carbocycles. The highest BCUT2D eigenvalue weighted by Gasteiger charge is 2.37. The average Bonchev–Trinajstić information content (AvgIpc) is 3.17. The van der Waals surface area contributed by atoms with Gasteiger partial charge in [0, 0.05) is 18.7 Å². The van der Waals surface area contributed by atoms with E-state index in [0.717, 1.165) is 29.8 Å². The fourth-order valence-corrected chi connectivity index (χ4v) is 3.73. The van der Waals surface area contributed by atoms with E-state index in [0.29, 0.717) is 0 Å². The number of esters is 1. The van der Waals surface area contributed by atoms with Crippen molar-refractivity contribution in [3.63, 3.8) is 0 Å². The Morgan fingerprint density at radius 2 is 1.83 bits per heavy atom. The van der Waals surface area contributed by atoms with Crippen molar-refractivity contribution in [1.82, 2.24) is 14.8 Å². The summed E-state index contributed by atoms with van der Waals surface area (Å²) in [4.78, 5) is 40.4. The van der Waals surface area contributed by atoms with Gasteiger partial charge in [-0.25, -0.2) is 4.79 Å². The van der Waals surface area contributed by atoms with Gasteiger partial charge < -0.3 is 9.84 Å². The first-order valence-corrected chi connectivity index (χ1v) is 10.2. The molecule has 4 aromatic rings. The number of hydrogen-bond donors (Lipinski definition) is 1. The molecule has 35 heavy (non-hydrogen) atoms. The maximum atomic E-state index is 13.6. The van der Waals surface area contributed by atoms with Crippen LogP contribution >= 0.6 is 11.6 Å². The van der Waals surface area contributed by atoms with E-state index in [1.807, 2.05) is 0 Å². The fourth-order valence-electron chi connectivity index (χ4n) is 3.47. The molecular weight excluding hydrogens is 491 g/mol. The first kappa shape index (κ1) is 23.9. The van der Waals surface area contributed by atoms with Crippen LogP contribution in [-0.4, -0.2) is 37.7 Å². The molecular formula is C23H13ClF3N3O5. The topological polar surface area (TPSA) is 111 Å². The zero-order valence-electron chi connectivity index (χ0n) is 17.6. The van der Waals surface area contributed by atoms with Gasteiger partial charge in [0.25, 0.3) is 5.91 Å². The summed E-state index contributed by atoms with van der Waals surface area (Å²) in [6, 6.07) is 9.60. The van der Waals surface area contributed by atoms with Gasteiger partial charge in [-0.2, -0.15) is 23.0 Å². The molecule has 178 valence electrons. The number of aromatic nitrogens is 3. The van der Waals surface area contributed by atoms with Gasteiger partial charge in [-0.1, -0.05) is 23.7 Å². The van der Waals surface area contributed by atoms with Gasteiger partial charge in [-0.05, 0) is 36.4 Å². The van der Waals surface area contributed by atoms with E-state index in [-0.39, 0.29) is 33.6 Å². The number of aromatic carboxylic acids is 1. The number of carboxylic acid groups (broad SMARTS) is 1. The number of ether oxygens (including phenoxy) is 1. The van der Waals surface area contributed by atoms with Crippen LogP contribution in [0.3, 0.4) is 0 Å². The van der Waals surface area contributed by atoms with Crippen LogP contribution in [-0.2, 0) is 11.0 Å². The normalized spacial score (nSPS) is 11.5. The maximum absolute atomic E-state index is 13.6. The predicted octanol–water partition coefficient (Wildman–Crippen LogP) is 5.08. The summed E-state index contributed by atoms with van der Waals surface area (Å²) in [5, 5.41) is 13.1. The summed E-state index contributed by atoms with van der Waals surface area (Å²) in [7, 11) is 0. The molecule has 0 radical (unpaired) electrons. The van der Waals surface area contributed by atoms with Crippen LogP contribution in [0.4, 0.5) is 13.2 Å². The van der Waals surface area contributed by atoms with Gasteiger partial charge >= 0.3 is 18.1 Å². The van der Waals surface area contributed by atoms with Crippen molar-refractivity contribution in [2.75, 3.05) is 0 Å². The number of alkyl halides is 3. The van der Waals surface area contributed by atoms with Gasteiger partial charge in [-0.3, -0.25) is 14.6 Å². The lowest BCUT2D eigenvalue weighted by atomic mass is 10.1. The highest BCUT2D eigenvalue weighted by atomic mass is 35.5. The van der Waals surface area contributed by atoms with Crippen LogP contribution in [0.5, 0.6) is 5.75 Å². The Kier molecular flexibility index (Phi) is 6.03. The van der Waals surface area contributed by atoms with Crippen LogP contribution in [0.15, 0.2) is 54.7 Å². The minimum absolute atomic E-state index is 0.0416. The van der Waals surface area contributed by atoms with Crippen molar-refractivity contribution in [3.05, 3.63) is 76.4 Å². The van der Waals surface area contributed by atoms with E-state index in [1.165, 1.54) is 36.5 Å². The van der Waals surface area contributed by atoms with Crippen molar-refractivity contribution in [1.29, 1.82) is 0 Å². The molecule has 0 unspecified atom stereocenters. The summed E-state index contributed by atoms with van der Waals surface area (Å²) in [6.07, 6.45) is -3.47. The van der Waals surface area contributed by atoms with Crippen molar-refractivity contribution in [2.24, 2.45) is 0 Å². The highest BCUT2D eigenvalue weighted by molar-refractivity contribution is 6.34. The van der Waals surface area contributed by atoms with E-state index in [2.05, 4.69) is 10.1 Å². The van der Waals surface area contributed by atoms with Gasteiger partial charge in [0.1, 0.15) is 22.5 Å². The van der Waals surface area contributed by atoms with Crippen LogP contribution < -0.4 is 4.74 Å². The standard InChI is InChI=1S/C23H13ClF3N3O5/c1-11(31)35-17-10-12(7-8-13(17)22(33)34)19-20-16(6-3-9-28-20)30(29-19)21(32)18-14(23(25,26)27)4-2-5-15(18)24/h2-10H,1H3,(H,33,34). The number of carbonyl (C=O) groups excluding carboxylic acids is 2. The number of hydrogen-bond acceptors (Lipinski definition) is 6. The Morgan fingerprint density at radius 1 is 1.09 bits per heavy atom. The van der Waals surface area contributed by atoms with Crippen LogP contribution in [0.2, 0.25) is 5.02 Å². The molecule has 2 aromatic carbocycles. The van der Waals surface area contributed by atoms with Gasteiger partial charge in [0.15, 0.2) is 0 Å². The number of rotatable bonds is 4. The Balaban J connectivity index is 1.93. The van der Waals surface area contributed by atoms with E-state index < -0.39 is 40.2 Å². The molecule has 2 aromatic heterocycles. The second-order valence-corrected chi connectivity index (χ2v) is 7.61. The molecule has 0 amide bonds. The van der Waals surface area contributed by atoms with Gasteiger partial charge in [0.2, 0.25) is 0 Å². The van der Waals surface area contributed by atoms with Crippen molar-refractivity contribution >= 4 is 40.5 Å². The largest absolute Gasteiger partial charge is 0.478 e. The van der Waals surface area contributed by atoms with Crippen molar-refractivity contribution < 1.29 is 37.4 Å². The number of nitrogens with zero attached hydrogens (tertiary/aromatic N) is 3. The molecule has 8 nitrogen and oxygen atoms in total. The third-order valence-electron chi connectivity index (χ3n) is 4.90. The molecule has 2 heterocycles. The Hall–Kier alpha value is -4.25. The number of pyridine rings is 1. The quantitative estimate of drug-likeness (QED) is 0.305. The van der Waals surface area contributed by atoms with Crippen LogP contribution in [0.25, 0.3) is 22.3 Å². The van der Waals surface area contributed by atoms with Crippen molar-refractivity contribution in [2.45, 2.75) is 13.1 Å². The van der Waals surface area contributed by atoms with E-state index in [1.54, 1.807) is 0 Å². The number of carbonyl (C=O) groups is 3. The van der Waals surface area contributed by atoms with E-state index >= 15 is 0 Å². The summed E-state index contributed by atoms with van der Waals surface area (Å²) < 4.78 is 46.5. The smallest absolute Gasteiger partial charge is 0.417 e. The first-order valence-electron chi connectivity index (χ1n) is 9.79. The zero-order valence-corrected chi connectivity index (χ0v) is 18.4. The monoisotopic (exact) mass is 503 g/mol. The number of halogens is 4. The number of carboxylic acids is 1. The van der Waals surface area contributed by atoms with Gasteiger partial charge in [-0.15, -0.1) is 0 Å². The summed E-state index contributed by atoms with van der Waals surface area (Å²) in [5.41, 5.74) is -1.86.